The lowest BCUT2D eigenvalue weighted by molar-refractivity contribution is -0.385. The monoisotopic (exact) mass is 331 g/mol. The van der Waals surface area contributed by atoms with Crippen molar-refractivity contribution in [2.45, 2.75) is 5.88 Å². The third kappa shape index (κ3) is 2.45. The minimum absolute atomic E-state index is 0.00347. The highest BCUT2D eigenvalue weighted by Gasteiger charge is 2.16. The summed E-state index contributed by atoms with van der Waals surface area (Å²) in [6, 6.07) is 2.95. The van der Waals surface area contributed by atoms with Gasteiger partial charge in [-0.15, -0.1) is 11.6 Å². The van der Waals surface area contributed by atoms with Crippen LogP contribution in [-0.4, -0.2) is 4.92 Å². The van der Waals surface area contributed by atoms with Crippen LogP contribution in [0.2, 0.25) is 5.02 Å². The zero-order chi connectivity index (χ0) is 10.0. The number of hydrogen-bond acceptors (Lipinski definition) is 2. The van der Waals surface area contributed by atoms with E-state index in [1.165, 1.54) is 6.07 Å². The predicted octanol–water partition coefficient (Wildman–Crippen LogP) is 3.59. The van der Waals surface area contributed by atoms with Crippen molar-refractivity contribution in [1.29, 1.82) is 0 Å². The molecule has 0 aliphatic heterocycles. The van der Waals surface area contributed by atoms with Gasteiger partial charge in [-0.2, -0.15) is 0 Å². The van der Waals surface area contributed by atoms with Gasteiger partial charge in [0.15, 0.2) is 0 Å². The van der Waals surface area contributed by atoms with E-state index < -0.39 is 4.92 Å². The van der Waals surface area contributed by atoms with Crippen LogP contribution in [-0.2, 0) is 5.88 Å². The van der Waals surface area contributed by atoms with Crippen molar-refractivity contribution in [2.24, 2.45) is 0 Å². The van der Waals surface area contributed by atoms with Crippen molar-refractivity contribution in [3.63, 3.8) is 0 Å². The number of hydrogen-bond donors (Lipinski definition) is 0. The molecule has 0 amide bonds. The maximum atomic E-state index is 10.5. The summed E-state index contributed by atoms with van der Waals surface area (Å²) in [7, 11) is 0. The van der Waals surface area contributed by atoms with E-state index in [1.807, 2.05) is 22.6 Å². The minimum atomic E-state index is -0.469. The molecule has 1 rings (SSSR count). The number of nitrogens with zero attached hydrogens (tertiary/aromatic N) is 1. The van der Waals surface area contributed by atoms with Crippen LogP contribution in [0.4, 0.5) is 5.69 Å². The number of alkyl halides is 1. The molecule has 1 aromatic carbocycles. The summed E-state index contributed by atoms with van der Waals surface area (Å²) in [5.41, 5.74) is 0.685. The molecule has 1 aromatic rings. The van der Waals surface area contributed by atoms with Crippen molar-refractivity contribution in [3.05, 3.63) is 36.4 Å². The van der Waals surface area contributed by atoms with Gasteiger partial charge < -0.3 is 0 Å². The number of nitro groups is 1. The topological polar surface area (TPSA) is 43.1 Å². The van der Waals surface area contributed by atoms with E-state index in [2.05, 4.69) is 0 Å². The molecule has 0 radical (unpaired) electrons. The molecular weight excluding hydrogens is 328 g/mol. The van der Waals surface area contributed by atoms with Gasteiger partial charge in [-0.1, -0.05) is 11.6 Å². The Bertz CT molecular complexity index is 357. The summed E-state index contributed by atoms with van der Waals surface area (Å²) in [5.74, 6) is 0.222. The Morgan fingerprint density at radius 2 is 2.15 bits per heavy atom. The van der Waals surface area contributed by atoms with Gasteiger partial charge in [0.05, 0.1) is 8.49 Å². The maximum Gasteiger partial charge on any atom is 0.284 e. The Morgan fingerprint density at radius 1 is 1.54 bits per heavy atom. The van der Waals surface area contributed by atoms with E-state index in [-0.39, 0.29) is 11.6 Å². The molecule has 0 aliphatic rings. The molecule has 0 heterocycles. The third-order valence-electron chi connectivity index (χ3n) is 1.43. The van der Waals surface area contributed by atoms with Gasteiger partial charge in [0.25, 0.3) is 5.69 Å². The molecule has 0 aromatic heterocycles. The van der Waals surface area contributed by atoms with Crippen molar-refractivity contribution in [2.75, 3.05) is 0 Å². The van der Waals surface area contributed by atoms with Gasteiger partial charge in [0, 0.05) is 17.0 Å². The summed E-state index contributed by atoms with van der Waals surface area (Å²) in [5, 5.41) is 10.9. The fourth-order valence-corrected chi connectivity index (χ4v) is 2.23. The summed E-state index contributed by atoms with van der Waals surface area (Å²) in [6.45, 7) is 0. The van der Waals surface area contributed by atoms with E-state index in [9.17, 15) is 10.1 Å². The van der Waals surface area contributed by atoms with Crippen molar-refractivity contribution < 1.29 is 4.92 Å². The minimum Gasteiger partial charge on any atom is -0.258 e. The maximum absolute atomic E-state index is 10.5. The lowest BCUT2D eigenvalue weighted by Crippen LogP contribution is -1.95. The normalized spacial score (nSPS) is 10.1. The fourth-order valence-electron chi connectivity index (χ4n) is 0.860. The zero-order valence-corrected chi connectivity index (χ0v) is 9.93. The second-order valence-corrected chi connectivity index (χ2v) is 4.07. The Morgan fingerprint density at radius 3 is 2.62 bits per heavy atom. The van der Waals surface area contributed by atoms with Crippen molar-refractivity contribution in [1.82, 2.24) is 0 Å². The molecule has 0 N–H and O–H groups in total. The second kappa shape index (κ2) is 4.43. The van der Waals surface area contributed by atoms with Gasteiger partial charge in [0.2, 0.25) is 0 Å². The Balaban J connectivity index is 3.35. The zero-order valence-electron chi connectivity index (χ0n) is 6.26. The van der Waals surface area contributed by atoms with E-state index in [0.29, 0.717) is 14.2 Å². The summed E-state index contributed by atoms with van der Waals surface area (Å²) in [4.78, 5) is 10.1. The van der Waals surface area contributed by atoms with Crippen LogP contribution in [0.3, 0.4) is 0 Å². The molecular formula is C7H4Cl2INO2. The van der Waals surface area contributed by atoms with Crippen LogP contribution >= 0.6 is 45.8 Å². The molecule has 70 valence electrons. The van der Waals surface area contributed by atoms with Gasteiger partial charge in [-0.25, -0.2) is 0 Å². The molecule has 0 saturated carbocycles. The second-order valence-electron chi connectivity index (χ2n) is 2.29. The van der Waals surface area contributed by atoms with Crippen molar-refractivity contribution >= 4 is 51.5 Å². The van der Waals surface area contributed by atoms with Crippen molar-refractivity contribution in [3.8, 4) is 0 Å². The van der Waals surface area contributed by atoms with Gasteiger partial charge in [-0.3, -0.25) is 10.1 Å². The molecule has 0 fully saturated rings. The molecule has 0 atom stereocenters. The van der Waals surface area contributed by atoms with E-state index >= 15 is 0 Å². The van der Waals surface area contributed by atoms with Crippen LogP contribution < -0.4 is 0 Å². The van der Waals surface area contributed by atoms with E-state index in [1.54, 1.807) is 6.07 Å². The molecule has 13 heavy (non-hydrogen) atoms. The number of benzene rings is 1. The highest BCUT2D eigenvalue weighted by molar-refractivity contribution is 14.1. The lowest BCUT2D eigenvalue weighted by Gasteiger charge is -2.01. The van der Waals surface area contributed by atoms with Crippen LogP contribution in [0.5, 0.6) is 0 Å². The summed E-state index contributed by atoms with van der Waals surface area (Å²) in [6.07, 6.45) is 0. The average Bonchev–Trinajstić information content (AvgIpc) is 2.08. The highest BCUT2D eigenvalue weighted by Crippen LogP contribution is 2.29. The lowest BCUT2D eigenvalue weighted by atomic mass is 10.2. The average molecular weight is 332 g/mol. The first-order valence-electron chi connectivity index (χ1n) is 3.24. The largest absolute Gasteiger partial charge is 0.284 e. The van der Waals surface area contributed by atoms with Gasteiger partial charge in [-0.05, 0) is 34.2 Å². The molecule has 6 heteroatoms. The third-order valence-corrected chi connectivity index (χ3v) is 3.19. The smallest absolute Gasteiger partial charge is 0.258 e. The molecule has 0 bridgehead atoms. The Kier molecular flexibility index (Phi) is 3.75. The van der Waals surface area contributed by atoms with E-state index in [0.717, 1.165) is 0 Å². The molecule has 0 unspecified atom stereocenters. The summed E-state index contributed by atoms with van der Waals surface area (Å²) < 4.78 is 0.544. The Hall–Kier alpha value is -0.0700. The van der Waals surface area contributed by atoms with Crippen LogP contribution in [0, 0.1) is 13.7 Å². The Labute approximate surface area is 98.3 Å². The first-order valence-corrected chi connectivity index (χ1v) is 5.23. The number of nitro benzene ring substituents is 1. The standard InChI is InChI=1S/C7H4Cl2INO2/c8-3-4-1-5(9)2-6(7(4)10)11(12)13/h1-2H,3H2. The summed E-state index contributed by atoms with van der Waals surface area (Å²) >= 11 is 13.2. The molecule has 0 spiro atoms. The predicted molar refractivity (Wildman–Crippen MR) is 60.4 cm³/mol. The first kappa shape index (κ1) is 11.0. The quantitative estimate of drug-likeness (QED) is 0.360. The van der Waals surface area contributed by atoms with Crippen LogP contribution in [0.25, 0.3) is 0 Å². The van der Waals surface area contributed by atoms with Crippen LogP contribution in [0.15, 0.2) is 12.1 Å². The number of halogens is 3. The molecule has 3 nitrogen and oxygen atoms in total. The van der Waals surface area contributed by atoms with E-state index in [4.69, 9.17) is 23.2 Å². The highest BCUT2D eigenvalue weighted by atomic mass is 127. The number of rotatable bonds is 2. The fraction of sp³-hybridized carbons (Fsp3) is 0.143. The van der Waals surface area contributed by atoms with Gasteiger partial charge in [0.1, 0.15) is 0 Å². The molecule has 0 aliphatic carbocycles. The molecule has 0 saturated heterocycles. The van der Waals surface area contributed by atoms with Crippen LogP contribution in [0.1, 0.15) is 5.56 Å². The van der Waals surface area contributed by atoms with Gasteiger partial charge >= 0.3 is 0 Å². The first-order chi connectivity index (χ1) is 6.06. The SMILES string of the molecule is O=[N+]([O-])c1cc(Cl)cc(CCl)c1I.